The fourth-order valence-corrected chi connectivity index (χ4v) is 4.81. The van der Waals surface area contributed by atoms with Gasteiger partial charge in [0.2, 0.25) is 0 Å². The van der Waals surface area contributed by atoms with Crippen molar-refractivity contribution in [2.45, 2.75) is 12.5 Å². The average molecular weight is 533 g/mol. The topological polar surface area (TPSA) is 168 Å². The number of halogens is 2. The normalized spacial score (nSPS) is 13.9. The number of carboxylic acids is 1. The molecule has 1 unspecified atom stereocenters. The van der Waals surface area contributed by atoms with Crippen molar-refractivity contribution in [3.8, 4) is 11.5 Å². The molecule has 2 heterocycles. The number of aliphatic carboxylic acids is 1. The molecule has 1 atom stereocenters. The number of H-pyrrole nitrogens is 1. The van der Waals surface area contributed by atoms with Gasteiger partial charge in [-0.15, -0.1) is 16.9 Å². The molecular weight excluding hydrogens is 510 g/mol. The number of nitrogen functional groups attached to an aromatic ring is 1. The van der Waals surface area contributed by atoms with E-state index in [0.717, 1.165) is 28.6 Å². The summed E-state index contributed by atoms with van der Waals surface area (Å²) in [7, 11) is 2.70. The third-order valence-electron chi connectivity index (χ3n) is 5.60. The van der Waals surface area contributed by atoms with Crippen molar-refractivity contribution in [1.29, 1.82) is 5.41 Å². The van der Waals surface area contributed by atoms with Crippen molar-refractivity contribution in [3.05, 3.63) is 74.3 Å². The van der Waals surface area contributed by atoms with E-state index in [0.29, 0.717) is 5.75 Å². The van der Waals surface area contributed by atoms with Crippen LogP contribution in [-0.2, 0) is 4.79 Å². The number of nitrogens with one attached hydrogen (secondary N) is 3. The summed E-state index contributed by atoms with van der Waals surface area (Å²) in [4.78, 5) is 26.9. The van der Waals surface area contributed by atoms with E-state index in [4.69, 9.17) is 20.6 Å². The summed E-state index contributed by atoms with van der Waals surface area (Å²) in [6.45, 7) is 0. The van der Waals surface area contributed by atoms with E-state index in [1.54, 1.807) is 0 Å². The number of hydrogen-bond donors (Lipinski definition) is 5. The van der Waals surface area contributed by atoms with Crippen LogP contribution in [0.5, 0.6) is 11.5 Å². The molecule has 37 heavy (non-hydrogen) atoms. The van der Waals surface area contributed by atoms with Gasteiger partial charge >= 0.3 is 11.7 Å². The Bertz CT molecular complexity index is 1480. The highest BCUT2D eigenvalue weighted by Crippen LogP contribution is 2.37. The van der Waals surface area contributed by atoms with Crippen LogP contribution in [-0.4, -0.2) is 51.6 Å². The fourth-order valence-electron chi connectivity index (χ4n) is 3.83. The third kappa shape index (κ3) is 5.00. The maximum Gasteiger partial charge on any atom is 0.347 e. The Morgan fingerprint density at radius 2 is 1.95 bits per heavy atom. The number of anilines is 1. The molecule has 2 aromatic carbocycles. The molecule has 4 rings (SSSR count). The van der Waals surface area contributed by atoms with Gasteiger partial charge in [-0.3, -0.25) is 10.4 Å². The van der Waals surface area contributed by atoms with Crippen LogP contribution < -0.4 is 26.2 Å². The molecular formula is C23H22F2N6O5S. The molecule has 0 saturated heterocycles. The van der Waals surface area contributed by atoms with E-state index in [1.165, 1.54) is 32.4 Å². The van der Waals surface area contributed by atoms with Crippen LogP contribution in [0.4, 0.5) is 14.5 Å². The number of nitrogens with zero attached hydrogens (tertiary/aromatic N) is 2. The first-order chi connectivity index (χ1) is 17.6. The molecule has 0 radical (unpaired) electrons. The van der Waals surface area contributed by atoms with Crippen LogP contribution in [0.2, 0.25) is 0 Å². The zero-order chi connectivity index (χ0) is 26.9. The molecule has 1 aliphatic rings. The minimum Gasteiger partial charge on any atom is -0.493 e. The highest BCUT2D eigenvalue weighted by atomic mass is 32.2. The molecule has 11 nitrogen and oxygen atoms in total. The Balaban J connectivity index is 1.87. The summed E-state index contributed by atoms with van der Waals surface area (Å²) < 4.78 is 41.6. The molecule has 0 saturated carbocycles. The molecule has 3 aromatic rings. The molecule has 0 aliphatic carbocycles. The van der Waals surface area contributed by atoms with Crippen LogP contribution in [0.1, 0.15) is 29.4 Å². The predicted octanol–water partition coefficient (Wildman–Crippen LogP) is 2.74. The number of amidine groups is 1. The maximum atomic E-state index is 15.3. The van der Waals surface area contributed by atoms with Crippen molar-refractivity contribution in [2.75, 3.05) is 25.3 Å². The molecule has 1 aromatic heterocycles. The number of benzene rings is 2. The molecule has 14 heteroatoms. The number of aromatic amines is 1. The number of methoxy groups -OCH3 is 2. The number of carboxylic acid groups (broad SMARTS) is 1. The minimum atomic E-state index is -1.26. The lowest BCUT2D eigenvalue weighted by atomic mass is 10.0. The van der Waals surface area contributed by atoms with E-state index in [1.807, 2.05) is 0 Å². The Kier molecular flexibility index (Phi) is 7.20. The molecule has 0 spiro atoms. The van der Waals surface area contributed by atoms with Gasteiger partial charge in [-0.05, 0) is 24.3 Å². The summed E-state index contributed by atoms with van der Waals surface area (Å²) in [5.41, 5.74) is 4.85. The van der Waals surface area contributed by atoms with Crippen molar-refractivity contribution in [3.63, 3.8) is 0 Å². The summed E-state index contributed by atoms with van der Waals surface area (Å²) in [6, 6.07) is 4.88. The number of aromatic nitrogens is 3. The predicted molar refractivity (Wildman–Crippen MR) is 133 cm³/mol. The number of nitrogens with two attached hydrogens (primary N) is 1. The highest BCUT2D eigenvalue weighted by Gasteiger charge is 2.29. The van der Waals surface area contributed by atoms with Gasteiger partial charge in [0.05, 0.1) is 25.6 Å². The lowest BCUT2D eigenvalue weighted by Crippen LogP contribution is -2.18. The Morgan fingerprint density at radius 1 is 1.24 bits per heavy atom. The number of allylic oxidation sites excluding steroid dienone is 1. The van der Waals surface area contributed by atoms with Crippen LogP contribution in [0.25, 0.3) is 5.70 Å². The minimum absolute atomic E-state index is 0.0205. The Hall–Kier alpha value is -4.33. The highest BCUT2D eigenvalue weighted by molar-refractivity contribution is 8.04. The smallest absolute Gasteiger partial charge is 0.347 e. The van der Waals surface area contributed by atoms with E-state index in [-0.39, 0.29) is 57.0 Å². The zero-order valence-corrected chi connectivity index (χ0v) is 20.4. The zero-order valence-electron chi connectivity index (χ0n) is 19.6. The number of carbonyl (C=O) groups is 1. The first-order valence-electron chi connectivity index (χ1n) is 10.7. The molecule has 6 N–H and O–H groups in total. The quantitative estimate of drug-likeness (QED) is 0.205. The van der Waals surface area contributed by atoms with Gasteiger partial charge in [-0.1, -0.05) is 0 Å². The van der Waals surface area contributed by atoms with Gasteiger partial charge in [0.1, 0.15) is 28.4 Å². The summed E-state index contributed by atoms with van der Waals surface area (Å²) in [5, 5.41) is 24.1. The second-order valence-electron chi connectivity index (χ2n) is 7.82. The molecule has 0 fully saturated rings. The van der Waals surface area contributed by atoms with Gasteiger partial charge in [0, 0.05) is 29.4 Å². The van der Waals surface area contributed by atoms with Crippen molar-refractivity contribution in [1.82, 2.24) is 14.8 Å². The van der Waals surface area contributed by atoms with Gasteiger partial charge in [-0.25, -0.2) is 18.4 Å². The molecule has 0 bridgehead atoms. The number of ether oxygens (including phenoxy) is 2. The Morgan fingerprint density at radius 3 is 2.57 bits per heavy atom. The largest absolute Gasteiger partial charge is 0.493 e. The van der Waals surface area contributed by atoms with Crippen LogP contribution >= 0.6 is 11.8 Å². The average Bonchev–Trinajstić information content (AvgIpc) is 3.49. The lowest BCUT2D eigenvalue weighted by Gasteiger charge is -2.21. The number of rotatable bonds is 9. The molecule has 194 valence electrons. The monoisotopic (exact) mass is 532 g/mol. The lowest BCUT2D eigenvalue weighted by molar-refractivity contribution is -0.131. The van der Waals surface area contributed by atoms with E-state index in [2.05, 4.69) is 15.4 Å². The van der Waals surface area contributed by atoms with Crippen LogP contribution in [0.15, 0.2) is 40.0 Å². The van der Waals surface area contributed by atoms with E-state index in [9.17, 15) is 19.1 Å². The third-order valence-corrected chi connectivity index (χ3v) is 6.71. The van der Waals surface area contributed by atoms with Crippen LogP contribution in [0, 0.1) is 17.0 Å². The number of hydrogen-bond acceptors (Lipinski definition) is 8. The summed E-state index contributed by atoms with van der Waals surface area (Å²) in [5.74, 6) is -2.47. The van der Waals surface area contributed by atoms with Crippen molar-refractivity contribution >= 4 is 35.0 Å². The van der Waals surface area contributed by atoms with Crippen molar-refractivity contribution < 1.29 is 28.2 Å². The van der Waals surface area contributed by atoms with Crippen LogP contribution in [0.3, 0.4) is 0 Å². The first-order valence-corrected chi connectivity index (χ1v) is 11.7. The van der Waals surface area contributed by atoms with E-state index < -0.39 is 29.3 Å². The first kappa shape index (κ1) is 25.8. The summed E-state index contributed by atoms with van der Waals surface area (Å²) in [6.07, 6.45) is 0.278. The summed E-state index contributed by atoms with van der Waals surface area (Å²) >= 11 is 1.08. The van der Waals surface area contributed by atoms with E-state index >= 15 is 4.39 Å². The SMILES string of the molecule is COc1cc(F)c(C(Nc2ccc(C(=N)N)cc2F)c2nn(C3=C(C(=O)O)SCC3)c(=O)[nH]2)cc1OC. The van der Waals surface area contributed by atoms with Gasteiger partial charge in [0.15, 0.2) is 17.3 Å². The van der Waals surface area contributed by atoms with Gasteiger partial charge in [0.25, 0.3) is 0 Å². The standard InChI is InChI=1S/C23H22F2N6O5S/c1-35-16-8-11(12(24)9-17(16)36-2)18(28-14-4-3-10(20(26)27)7-13(14)25)21-29-23(34)31(30-21)15-5-6-37-19(15)22(32)33/h3-4,7-9,18,28H,5-6H2,1-2H3,(H3,26,27)(H,32,33)(H,29,30,34). The van der Waals surface area contributed by atoms with Gasteiger partial charge < -0.3 is 25.6 Å². The Labute approximate surface area is 212 Å². The van der Waals surface area contributed by atoms with Gasteiger partial charge in [-0.2, -0.15) is 4.68 Å². The number of thioether (sulfide) groups is 1. The van der Waals surface area contributed by atoms with Crippen molar-refractivity contribution in [2.24, 2.45) is 5.73 Å². The fraction of sp³-hybridized carbons (Fsp3) is 0.217. The second-order valence-corrected chi connectivity index (χ2v) is 8.93. The second kappa shape index (κ2) is 10.3. The molecule has 1 aliphatic heterocycles. The molecule has 0 amide bonds. The maximum absolute atomic E-state index is 15.3.